The third kappa shape index (κ3) is 1.10. The van der Waals surface area contributed by atoms with Crippen molar-refractivity contribution in [3.8, 4) is 0 Å². The highest BCUT2D eigenvalue weighted by Gasteiger charge is 1.92. The van der Waals surface area contributed by atoms with Crippen molar-refractivity contribution >= 4 is 18.6 Å². The molecule has 0 atom stereocenters. The highest BCUT2D eigenvalue weighted by atomic mass is 14.9. The van der Waals surface area contributed by atoms with Crippen LogP contribution < -0.4 is 0 Å². The lowest BCUT2D eigenvalue weighted by Crippen LogP contribution is -1.76. The molecule has 0 N–H and O–H groups in total. The van der Waals surface area contributed by atoms with Crippen molar-refractivity contribution < 1.29 is 0 Å². The van der Waals surface area contributed by atoms with E-state index < -0.39 is 0 Å². The topological polar surface area (TPSA) is 25.2 Å². The second kappa shape index (κ2) is 2.92. The molecule has 1 heterocycles. The fraction of sp³-hybridized carbons (Fsp3) is 0. The summed E-state index contributed by atoms with van der Waals surface area (Å²) < 4.78 is 0. The second-order valence-electron chi connectivity index (χ2n) is 1.78. The molecule has 0 bridgehead atoms. The van der Waals surface area contributed by atoms with Crippen molar-refractivity contribution in [2.45, 2.75) is 0 Å². The molecule has 0 aliphatic carbocycles. The Kier molecular flexibility index (Phi) is 1.95. The first-order chi connectivity index (χ1) is 4.88. The van der Waals surface area contributed by atoms with E-state index in [0.29, 0.717) is 5.82 Å². The van der Waals surface area contributed by atoms with Gasteiger partial charge in [-0.1, -0.05) is 12.7 Å². The van der Waals surface area contributed by atoms with E-state index >= 15 is 0 Å². The van der Waals surface area contributed by atoms with E-state index in [1.165, 1.54) is 0 Å². The molecule has 0 spiro atoms. The molecule has 50 valence electrons. The normalized spacial score (nSPS) is 8.80. The van der Waals surface area contributed by atoms with Crippen molar-refractivity contribution in [3.63, 3.8) is 0 Å². The molecule has 0 radical (unpaired) electrons. The van der Waals surface area contributed by atoms with E-state index in [4.69, 9.17) is 0 Å². The zero-order chi connectivity index (χ0) is 7.40. The van der Waals surface area contributed by atoms with E-state index in [2.05, 4.69) is 23.3 Å². The fourth-order valence-electron chi connectivity index (χ4n) is 0.701. The summed E-state index contributed by atoms with van der Waals surface area (Å²) in [6.07, 6.45) is 3.38. The number of hydrogen-bond donors (Lipinski definition) is 0. The third-order valence-electron chi connectivity index (χ3n) is 1.19. The predicted molar refractivity (Wildman–Crippen MR) is 43.5 cm³/mol. The van der Waals surface area contributed by atoms with Gasteiger partial charge >= 0.3 is 0 Å². The summed E-state index contributed by atoms with van der Waals surface area (Å²) in [5, 5.41) is 0. The minimum Gasteiger partial charge on any atom is -0.245 e. The van der Waals surface area contributed by atoms with Crippen LogP contribution in [0.15, 0.2) is 29.9 Å². The van der Waals surface area contributed by atoms with Crippen LogP contribution >= 0.6 is 0 Å². The highest BCUT2D eigenvalue weighted by molar-refractivity contribution is 5.60. The van der Waals surface area contributed by atoms with Gasteiger partial charge in [0, 0.05) is 11.8 Å². The first-order valence-electron chi connectivity index (χ1n) is 2.92. The zero-order valence-electron chi connectivity index (χ0n) is 5.62. The van der Waals surface area contributed by atoms with Crippen LogP contribution in [-0.4, -0.2) is 11.7 Å². The molecule has 0 saturated carbocycles. The van der Waals surface area contributed by atoms with Crippen LogP contribution in [0.4, 0.5) is 5.82 Å². The first kappa shape index (κ1) is 6.68. The summed E-state index contributed by atoms with van der Waals surface area (Å²) in [5.74, 6) is 0.637. The second-order valence-corrected chi connectivity index (χ2v) is 1.78. The predicted octanol–water partition coefficient (Wildman–Crippen LogP) is 2.06. The van der Waals surface area contributed by atoms with Gasteiger partial charge in [0.25, 0.3) is 0 Å². The molecule has 1 rings (SSSR count). The number of nitrogens with zero attached hydrogens (tertiary/aromatic N) is 2. The number of pyridine rings is 1. The van der Waals surface area contributed by atoms with Crippen LogP contribution in [-0.2, 0) is 0 Å². The molecule has 0 aromatic carbocycles. The fourth-order valence-corrected chi connectivity index (χ4v) is 0.701. The maximum absolute atomic E-state index is 3.97. The van der Waals surface area contributed by atoms with Gasteiger partial charge in [0.1, 0.15) is 0 Å². The van der Waals surface area contributed by atoms with Gasteiger partial charge in [-0.25, -0.2) is 9.98 Å². The van der Waals surface area contributed by atoms with E-state index in [1.54, 1.807) is 12.3 Å². The average Bonchev–Trinajstić information content (AvgIpc) is 2.04. The van der Waals surface area contributed by atoms with Crippen molar-refractivity contribution in [2.75, 3.05) is 0 Å². The van der Waals surface area contributed by atoms with Crippen LogP contribution in [0, 0.1) is 0 Å². The molecule has 1 aromatic rings. The van der Waals surface area contributed by atoms with Gasteiger partial charge < -0.3 is 0 Å². The highest BCUT2D eigenvalue weighted by Crippen LogP contribution is 2.14. The maximum Gasteiger partial charge on any atom is 0.158 e. The van der Waals surface area contributed by atoms with Crippen LogP contribution in [0.2, 0.25) is 0 Å². The monoisotopic (exact) mass is 132 g/mol. The molecule has 0 saturated heterocycles. The Morgan fingerprint density at radius 3 is 2.90 bits per heavy atom. The van der Waals surface area contributed by atoms with E-state index in [1.807, 2.05) is 12.1 Å². The zero-order valence-corrected chi connectivity index (χ0v) is 5.62. The molecular weight excluding hydrogens is 124 g/mol. The lowest BCUT2D eigenvalue weighted by molar-refractivity contribution is 1.27. The summed E-state index contributed by atoms with van der Waals surface area (Å²) in [5.41, 5.74) is 0.914. The van der Waals surface area contributed by atoms with E-state index in [9.17, 15) is 0 Å². The molecule has 1 aromatic heterocycles. The maximum atomic E-state index is 3.97. The summed E-state index contributed by atoms with van der Waals surface area (Å²) in [7, 11) is 0. The van der Waals surface area contributed by atoms with Gasteiger partial charge in [-0.2, -0.15) is 0 Å². The molecule has 0 amide bonds. The van der Waals surface area contributed by atoms with Gasteiger partial charge in [0.2, 0.25) is 0 Å². The standard InChI is InChI=1S/C8H8N2/c1-3-7-5-4-6-10-8(7)9-2/h3-6H,1-2H2. The first-order valence-corrected chi connectivity index (χ1v) is 2.92. The Morgan fingerprint density at radius 2 is 2.40 bits per heavy atom. The quantitative estimate of drug-likeness (QED) is 0.565. The molecule has 2 nitrogen and oxygen atoms in total. The summed E-state index contributed by atoms with van der Waals surface area (Å²) in [6, 6.07) is 3.73. The number of rotatable bonds is 2. The van der Waals surface area contributed by atoms with Gasteiger partial charge in [0.15, 0.2) is 5.82 Å². The number of aromatic nitrogens is 1. The Bertz CT molecular complexity index is 226. The van der Waals surface area contributed by atoms with Crippen molar-refractivity contribution in [1.82, 2.24) is 4.98 Å². The minimum atomic E-state index is 0.637. The third-order valence-corrected chi connectivity index (χ3v) is 1.19. The lowest BCUT2D eigenvalue weighted by Gasteiger charge is -1.94. The van der Waals surface area contributed by atoms with Gasteiger partial charge in [-0.15, -0.1) is 0 Å². The largest absolute Gasteiger partial charge is 0.245 e. The molecular formula is C8H8N2. The Hall–Kier alpha value is -1.44. The SMILES string of the molecule is C=Cc1cccnc1N=C. The van der Waals surface area contributed by atoms with Crippen molar-refractivity contribution in [1.29, 1.82) is 0 Å². The van der Waals surface area contributed by atoms with Gasteiger partial charge in [0.05, 0.1) is 0 Å². The lowest BCUT2D eigenvalue weighted by atomic mass is 10.2. The molecule has 10 heavy (non-hydrogen) atoms. The summed E-state index contributed by atoms with van der Waals surface area (Å²) >= 11 is 0. The Labute approximate surface area is 60.0 Å². The smallest absolute Gasteiger partial charge is 0.158 e. The van der Waals surface area contributed by atoms with Crippen LogP contribution in [0.1, 0.15) is 5.56 Å². The summed E-state index contributed by atoms with van der Waals surface area (Å²) in [6.45, 7) is 6.99. The van der Waals surface area contributed by atoms with Gasteiger partial charge in [-0.05, 0) is 18.9 Å². The van der Waals surface area contributed by atoms with Crippen LogP contribution in [0.3, 0.4) is 0 Å². The minimum absolute atomic E-state index is 0.637. The van der Waals surface area contributed by atoms with Gasteiger partial charge in [-0.3, -0.25) is 0 Å². The molecule has 0 aliphatic heterocycles. The van der Waals surface area contributed by atoms with E-state index in [-0.39, 0.29) is 0 Å². The molecule has 0 unspecified atom stereocenters. The molecule has 0 fully saturated rings. The van der Waals surface area contributed by atoms with Crippen molar-refractivity contribution in [2.24, 2.45) is 4.99 Å². The number of aliphatic imine (C=N–C) groups is 1. The number of hydrogen-bond acceptors (Lipinski definition) is 2. The average molecular weight is 132 g/mol. The summed E-state index contributed by atoms with van der Waals surface area (Å²) in [4.78, 5) is 7.68. The Morgan fingerprint density at radius 1 is 1.60 bits per heavy atom. The van der Waals surface area contributed by atoms with Crippen LogP contribution in [0.5, 0.6) is 0 Å². The van der Waals surface area contributed by atoms with Crippen molar-refractivity contribution in [3.05, 3.63) is 30.5 Å². The molecule has 0 aliphatic rings. The Balaban J connectivity index is 3.20. The van der Waals surface area contributed by atoms with E-state index in [0.717, 1.165) is 5.56 Å². The molecule has 2 heteroatoms. The van der Waals surface area contributed by atoms with Crippen LogP contribution in [0.25, 0.3) is 6.08 Å².